The Morgan fingerprint density at radius 3 is 2.39 bits per heavy atom. The van der Waals surface area contributed by atoms with Gasteiger partial charge in [0.2, 0.25) is 5.91 Å². The highest BCUT2D eigenvalue weighted by Crippen LogP contribution is 2.27. The standard InChI is InChI=1S/C14H23N3O/c1-12(18)16-7-9-17(10-8-16)14-6-4-2-3-5-13(14)11-15/h13-14H,2-10H2,1H3. The maximum absolute atomic E-state index is 11.3. The molecule has 1 saturated heterocycles. The number of carbonyl (C=O) groups is 1. The lowest BCUT2D eigenvalue weighted by Crippen LogP contribution is -2.53. The number of carbonyl (C=O) groups excluding carboxylic acids is 1. The first-order valence-corrected chi connectivity index (χ1v) is 7.11. The van der Waals surface area contributed by atoms with Crippen molar-refractivity contribution in [2.24, 2.45) is 5.92 Å². The van der Waals surface area contributed by atoms with E-state index in [1.54, 1.807) is 6.92 Å². The van der Waals surface area contributed by atoms with Crippen molar-refractivity contribution < 1.29 is 4.79 Å². The van der Waals surface area contributed by atoms with Gasteiger partial charge in [0, 0.05) is 39.1 Å². The summed E-state index contributed by atoms with van der Waals surface area (Å²) < 4.78 is 0. The van der Waals surface area contributed by atoms with Crippen molar-refractivity contribution in [1.29, 1.82) is 5.26 Å². The van der Waals surface area contributed by atoms with E-state index in [2.05, 4.69) is 11.0 Å². The van der Waals surface area contributed by atoms with Gasteiger partial charge < -0.3 is 4.90 Å². The predicted octanol–water partition coefficient (Wildman–Crippen LogP) is 1.62. The zero-order chi connectivity index (χ0) is 13.0. The molecule has 2 rings (SSSR count). The molecule has 1 heterocycles. The minimum atomic E-state index is 0.173. The Kier molecular flexibility index (Phi) is 4.60. The van der Waals surface area contributed by atoms with Gasteiger partial charge in [-0.05, 0) is 12.8 Å². The summed E-state index contributed by atoms with van der Waals surface area (Å²) in [6, 6.07) is 2.93. The van der Waals surface area contributed by atoms with Gasteiger partial charge in [0.1, 0.15) is 0 Å². The average Bonchev–Trinajstić information content (AvgIpc) is 2.63. The maximum atomic E-state index is 11.3. The summed E-state index contributed by atoms with van der Waals surface area (Å²) in [6.07, 6.45) is 5.91. The van der Waals surface area contributed by atoms with Gasteiger partial charge in [0.25, 0.3) is 0 Å². The molecule has 0 radical (unpaired) electrons. The number of amides is 1. The number of hydrogen-bond donors (Lipinski definition) is 0. The van der Waals surface area contributed by atoms with Gasteiger partial charge >= 0.3 is 0 Å². The number of rotatable bonds is 1. The summed E-state index contributed by atoms with van der Waals surface area (Å²) in [6.45, 7) is 5.15. The van der Waals surface area contributed by atoms with Gasteiger partial charge in [0.05, 0.1) is 12.0 Å². The van der Waals surface area contributed by atoms with Gasteiger partial charge in [-0.1, -0.05) is 19.3 Å². The van der Waals surface area contributed by atoms with Crippen LogP contribution in [0.3, 0.4) is 0 Å². The van der Waals surface area contributed by atoms with E-state index < -0.39 is 0 Å². The Hall–Kier alpha value is -1.08. The molecule has 0 aromatic heterocycles. The lowest BCUT2D eigenvalue weighted by molar-refractivity contribution is -0.131. The Morgan fingerprint density at radius 1 is 1.11 bits per heavy atom. The van der Waals surface area contributed by atoms with Crippen LogP contribution < -0.4 is 0 Å². The van der Waals surface area contributed by atoms with Gasteiger partial charge in [-0.15, -0.1) is 0 Å². The molecule has 2 aliphatic rings. The first kappa shape index (κ1) is 13.4. The molecule has 0 spiro atoms. The molecule has 2 unspecified atom stereocenters. The van der Waals surface area contributed by atoms with Crippen LogP contribution >= 0.6 is 0 Å². The predicted molar refractivity (Wildman–Crippen MR) is 69.8 cm³/mol. The normalized spacial score (nSPS) is 30.6. The fourth-order valence-electron chi connectivity index (χ4n) is 3.24. The van der Waals surface area contributed by atoms with Gasteiger partial charge in [0.15, 0.2) is 0 Å². The lowest BCUT2D eigenvalue weighted by atomic mass is 9.94. The van der Waals surface area contributed by atoms with Crippen molar-refractivity contribution in [3.63, 3.8) is 0 Å². The van der Waals surface area contributed by atoms with E-state index in [0.717, 1.165) is 39.0 Å². The quantitative estimate of drug-likeness (QED) is 0.663. The van der Waals surface area contributed by atoms with Crippen molar-refractivity contribution in [2.45, 2.75) is 45.1 Å². The van der Waals surface area contributed by atoms with E-state index in [1.165, 1.54) is 19.3 Å². The lowest BCUT2D eigenvalue weighted by Gasteiger charge is -2.40. The Labute approximate surface area is 110 Å². The molecule has 100 valence electrons. The summed E-state index contributed by atoms with van der Waals surface area (Å²) in [5.41, 5.74) is 0. The average molecular weight is 249 g/mol. The van der Waals surface area contributed by atoms with E-state index in [4.69, 9.17) is 0 Å². The van der Waals surface area contributed by atoms with Crippen molar-refractivity contribution in [3.05, 3.63) is 0 Å². The second-order valence-electron chi connectivity index (χ2n) is 5.48. The zero-order valence-electron chi connectivity index (χ0n) is 11.3. The SMILES string of the molecule is CC(=O)N1CCN(C2CCCCCC2C#N)CC1. The third-order valence-electron chi connectivity index (χ3n) is 4.37. The molecule has 1 amide bonds. The number of nitriles is 1. The first-order chi connectivity index (χ1) is 8.72. The molecule has 4 nitrogen and oxygen atoms in total. The van der Waals surface area contributed by atoms with Gasteiger partial charge in [-0.2, -0.15) is 5.26 Å². The maximum Gasteiger partial charge on any atom is 0.219 e. The highest BCUT2D eigenvalue weighted by molar-refractivity contribution is 5.73. The summed E-state index contributed by atoms with van der Waals surface area (Å²) in [5, 5.41) is 9.32. The van der Waals surface area contributed by atoms with Crippen LogP contribution in [0.5, 0.6) is 0 Å². The van der Waals surface area contributed by atoms with Crippen LogP contribution in [0, 0.1) is 17.2 Å². The molecular formula is C14H23N3O. The third-order valence-corrected chi connectivity index (χ3v) is 4.37. The Morgan fingerprint density at radius 2 is 1.78 bits per heavy atom. The van der Waals surface area contributed by atoms with Crippen LogP contribution in [0.25, 0.3) is 0 Å². The van der Waals surface area contributed by atoms with Crippen molar-refractivity contribution in [3.8, 4) is 6.07 Å². The molecular weight excluding hydrogens is 226 g/mol. The number of piperazine rings is 1. The Balaban J connectivity index is 1.94. The van der Waals surface area contributed by atoms with Crippen LogP contribution in [0.4, 0.5) is 0 Å². The number of hydrogen-bond acceptors (Lipinski definition) is 3. The van der Waals surface area contributed by atoms with Gasteiger partial charge in [-0.25, -0.2) is 0 Å². The first-order valence-electron chi connectivity index (χ1n) is 7.11. The van der Waals surface area contributed by atoms with E-state index in [9.17, 15) is 10.1 Å². The van der Waals surface area contributed by atoms with Crippen LogP contribution in [-0.2, 0) is 4.79 Å². The summed E-state index contributed by atoms with van der Waals surface area (Å²) in [7, 11) is 0. The van der Waals surface area contributed by atoms with Gasteiger partial charge in [-0.3, -0.25) is 9.69 Å². The fourth-order valence-corrected chi connectivity index (χ4v) is 3.24. The van der Waals surface area contributed by atoms with E-state index in [0.29, 0.717) is 6.04 Å². The molecule has 0 aromatic rings. The molecule has 1 aliphatic heterocycles. The minimum Gasteiger partial charge on any atom is -0.340 e. The second-order valence-corrected chi connectivity index (χ2v) is 5.48. The minimum absolute atomic E-state index is 0.173. The molecule has 4 heteroatoms. The molecule has 1 aliphatic carbocycles. The molecule has 0 N–H and O–H groups in total. The van der Waals surface area contributed by atoms with Crippen LogP contribution in [0.15, 0.2) is 0 Å². The van der Waals surface area contributed by atoms with Crippen molar-refractivity contribution in [2.75, 3.05) is 26.2 Å². The topological polar surface area (TPSA) is 47.3 Å². The highest BCUT2D eigenvalue weighted by Gasteiger charge is 2.31. The fraction of sp³-hybridized carbons (Fsp3) is 0.857. The highest BCUT2D eigenvalue weighted by atomic mass is 16.2. The largest absolute Gasteiger partial charge is 0.340 e. The van der Waals surface area contributed by atoms with Crippen LogP contribution in [0.2, 0.25) is 0 Å². The van der Waals surface area contributed by atoms with E-state index in [-0.39, 0.29) is 11.8 Å². The Bertz CT molecular complexity index is 328. The summed E-state index contributed by atoms with van der Waals surface area (Å²) >= 11 is 0. The van der Waals surface area contributed by atoms with Crippen molar-refractivity contribution >= 4 is 5.91 Å². The molecule has 2 fully saturated rings. The smallest absolute Gasteiger partial charge is 0.219 e. The van der Waals surface area contributed by atoms with Crippen LogP contribution in [-0.4, -0.2) is 47.9 Å². The van der Waals surface area contributed by atoms with E-state index >= 15 is 0 Å². The second kappa shape index (κ2) is 6.19. The summed E-state index contributed by atoms with van der Waals surface area (Å²) in [4.78, 5) is 15.7. The molecule has 0 aromatic carbocycles. The molecule has 2 atom stereocenters. The molecule has 0 bridgehead atoms. The number of nitrogens with zero attached hydrogens (tertiary/aromatic N) is 3. The molecule has 18 heavy (non-hydrogen) atoms. The van der Waals surface area contributed by atoms with Crippen LogP contribution in [0.1, 0.15) is 39.0 Å². The van der Waals surface area contributed by atoms with Crippen molar-refractivity contribution in [1.82, 2.24) is 9.80 Å². The third kappa shape index (κ3) is 3.02. The monoisotopic (exact) mass is 249 g/mol. The molecule has 1 saturated carbocycles. The van der Waals surface area contributed by atoms with E-state index in [1.807, 2.05) is 4.90 Å². The zero-order valence-corrected chi connectivity index (χ0v) is 11.3. The summed E-state index contributed by atoms with van der Waals surface area (Å²) in [5.74, 6) is 0.365.